The van der Waals surface area contributed by atoms with Gasteiger partial charge < -0.3 is 14.4 Å². The van der Waals surface area contributed by atoms with E-state index in [0.29, 0.717) is 41.9 Å². The lowest BCUT2D eigenvalue weighted by Crippen LogP contribution is -2.34. The van der Waals surface area contributed by atoms with Crippen molar-refractivity contribution >= 4 is 29.1 Å². The maximum Gasteiger partial charge on any atom is 0.257 e. The Bertz CT molecular complexity index is 420. The molecule has 19 heavy (non-hydrogen) atoms. The minimum atomic E-state index is -0.169. The zero-order valence-electron chi connectivity index (χ0n) is 11.0. The molecule has 0 aliphatic carbocycles. The fraction of sp³-hybridized carbons (Fsp3) is 0.462. The van der Waals surface area contributed by atoms with Crippen molar-refractivity contribution < 1.29 is 14.3 Å². The van der Waals surface area contributed by atoms with Crippen molar-refractivity contribution in [3.05, 3.63) is 23.8 Å². The summed E-state index contributed by atoms with van der Waals surface area (Å²) in [4.78, 5) is 14.0. The summed E-state index contributed by atoms with van der Waals surface area (Å²) in [6.07, 6.45) is 0. The number of methoxy groups -OCH3 is 2. The molecular weight excluding hydrogens is 289 g/mol. The first-order chi connectivity index (χ1) is 9.19. The average Bonchev–Trinajstić information content (AvgIpc) is 2.45. The first-order valence-corrected chi connectivity index (χ1v) is 6.88. The zero-order chi connectivity index (χ0) is 14.3. The van der Waals surface area contributed by atoms with Crippen LogP contribution in [-0.2, 0) is 0 Å². The Balaban J connectivity index is 3.09. The standard InChI is InChI=1S/C13H17Cl2NO3/c1-18-11-5-3-4-10(12(11)19-2)13(17)16(8-6-14)9-7-15/h3-5H,6-9H2,1-2H3. The van der Waals surface area contributed by atoms with E-state index in [-0.39, 0.29) is 5.91 Å². The number of carbonyl (C=O) groups is 1. The molecule has 6 heteroatoms. The fourth-order valence-corrected chi connectivity index (χ4v) is 2.15. The zero-order valence-corrected chi connectivity index (χ0v) is 12.5. The van der Waals surface area contributed by atoms with E-state index in [4.69, 9.17) is 32.7 Å². The van der Waals surface area contributed by atoms with Crippen LogP contribution in [0.3, 0.4) is 0 Å². The van der Waals surface area contributed by atoms with E-state index in [9.17, 15) is 4.79 Å². The summed E-state index contributed by atoms with van der Waals surface area (Å²) < 4.78 is 10.4. The van der Waals surface area contributed by atoms with Crippen LogP contribution in [0.1, 0.15) is 10.4 Å². The van der Waals surface area contributed by atoms with Crippen molar-refractivity contribution in [3.8, 4) is 11.5 Å². The monoisotopic (exact) mass is 305 g/mol. The van der Waals surface area contributed by atoms with Crippen LogP contribution in [0.15, 0.2) is 18.2 Å². The van der Waals surface area contributed by atoms with Gasteiger partial charge >= 0.3 is 0 Å². The van der Waals surface area contributed by atoms with Crippen molar-refractivity contribution in [3.63, 3.8) is 0 Å². The second kappa shape index (κ2) is 8.12. The second-order valence-corrected chi connectivity index (χ2v) is 4.47. The van der Waals surface area contributed by atoms with E-state index in [1.165, 1.54) is 14.2 Å². The molecule has 1 aromatic rings. The number of halogens is 2. The van der Waals surface area contributed by atoms with Gasteiger partial charge in [-0.25, -0.2) is 0 Å². The molecular formula is C13H17Cl2NO3. The SMILES string of the molecule is COc1cccc(C(=O)N(CCCl)CCCl)c1OC. The van der Waals surface area contributed by atoms with Crippen molar-refractivity contribution in [1.29, 1.82) is 0 Å². The number of carbonyl (C=O) groups excluding carboxylic acids is 1. The number of ether oxygens (including phenoxy) is 2. The summed E-state index contributed by atoms with van der Waals surface area (Å²) in [7, 11) is 3.03. The van der Waals surface area contributed by atoms with E-state index in [2.05, 4.69) is 0 Å². The van der Waals surface area contributed by atoms with Gasteiger partial charge in [0.05, 0.1) is 19.8 Å². The summed E-state index contributed by atoms with van der Waals surface area (Å²) in [5, 5.41) is 0. The highest BCUT2D eigenvalue weighted by molar-refractivity contribution is 6.18. The lowest BCUT2D eigenvalue weighted by atomic mass is 10.1. The number of alkyl halides is 2. The normalized spacial score (nSPS) is 10.1. The summed E-state index contributed by atoms with van der Waals surface area (Å²) in [5.41, 5.74) is 0.442. The van der Waals surface area contributed by atoms with Crippen molar-refractivity contribution in [2.24, 2.45) is 0 Å². The number of nitrogens with zero attached hydrogens (tertiary/aromatic N) is 1. The lowest BCUT2D eigenvalue weighted by molar-refractivity contribution is 0.0771. The van der Waals surface area contributed by atoms with Crippen LogP contribution in [-0.4, -0.2) is 49.9 Å². The molecule has 0 fully saturated rings. The molecule has 0 N–H and O–H groups in total. The molecule has 0 bridgehead atoms. The van der Waals surface area contributed by atoms with E-state index >= 15 is 0 Å². The Morgan fingerprint density at radius 1 is 1.16 bits per heavy atom. The van der Waals surface area contributed by atoms with Gasteiger partial charge in [-0.2, -0.15) is 0 Å². The topological polar surface area (TPSA) is 38.8 Å². The Hall–Kier alpha value is -1.13. The number of para-hydroxylation sites is 1. The van der Waals surface area contributed by atoms with Crippen LogP contribution >= 0.6 is 23.2 Å². The molecule has 0 aliphatic rings. The molecule has 0 saturated carbocycles. The molecule has 106 valence electrons. The molecule has 1 amide bonds. The third kappa shape index (κ3) is 3.91. The van der Waals surface area contributed by atoms with Crippen molar-refractivity contribution in [2.45, 2.75) is 0 Å². The van der Waals surface area contributed by atoms with Gasteiger partial charge in [-0.05, 0) is 12.1 Å². The van der Waals surface area contributed by atoms with Gasteiger partial charge in [0.15, 0.2) is 11.5 Å². The number of rotatable bonds is 7. The summed E-state index contributed by atoms with van der Waals surface area (Å²) in [5.74, 6) is 1.48. The molecule has 0 unspecified atom stereocenters. The Morgan fingerprint density at radius 3 is 2.26 bits per heavy atom. The number of amides is 1. The van der Waals surface area contributed by atoms with E-state index in [0.717, 1.165) is 0 Å². The molecule has 0 aromatic heterocycles. The third-order valence-electron chi connectivity index (χ3n) is 2.63. The molecule has 1 aromatic carbocycles. The molecule has 1 rings (SSSR count). The quantitative estimate of drug-likeness (QED) is 0.727. The van der Waals surface area contributed by atoms with Crippen LogP contribution in [0.25, 0.3) is 0 Å². The highest BCUT2D eigenvalue weighted by Crippen LogP contribution is 2.31. The summed E-state index contributed by atoms with van der Waals surface area (Å²) in [6.45, 7) is 0.876. The minimum Gasteiger partial charge on any atom is -0.493 e. The summed E-state index contributed by atoms with van der Waals surface area (Å²) >= 11 is 11.4. The van der Waals surface area contributed by atoms with Crippen molar-refractivity contribution in [2.75, 3.05) is 39.1 Å². The van der Waals surface area contributed by atoms with E-state index < -0.39 is 0 Å². The first kappa shape index (κ1) is 15.9. The predicted molar refractivity (Wildman–Crippen MR) is 76.9 cm³/mol. The maximum absolute atomic E-state index is 12.4. The molecule has 0 spiro atoms. The number of hydrogen-bond acceptors (Lipinski definition) is 3. The molecule has 0 atom stereocenters. The fourth-order valence-electron chi connectivity index (χ4n) is 1.74. The van der Waals surface area contributed by atoms with Crippen LogP contribution in [0.4, 0.5) is 0 Å². The van der Waals surface area contributed by atoms with Crippen LogP contribution in [0, 0.1) is 0 Å². The smallest absolute Gasteiger partial charge is 0.257 e. The highest BCUT2D eigenvalue weighted by Gasteiger charge is 2.21. The van der Waals surface area contributed by atoms with Crippen LogP contribution < -0.4 is 9.47 Å². The number of benzene rings is 1. The predicted octanol–water partition coefficient (Wildman–Crippen LogP) is 2.62. The van der Waals surface area contributed by atoms with Gasteiger partial charge in [-0.15, -0.1) is 23.2 Å². The third-order valence-corrected chi connectivity index (χ3v) is 2.97. The minimum absolute atomic E-state index is 0.169. The second-order valence-electron chi connectivity index (χ2n) is 3.71. The molecule has 0 heterocycles. The average molecular weight is 306 g/mol. The van der Waals surface area contributed by atoms with Gasteiger partial charge in [0, 0.05) is 24.8 Å². The Labute approximate surface area is 123 Å². The van der Waals surface area contributed by atoms with Gasteiger partial charge in [0.2, 0.25) is 0 Å². The molecule has 0 radical (unpaired) electrons. The van der Waals surface area contributed by atoms with E-state index in [1.54, 1.807) is 23.1 Å². The van der Waals surface area contributed by atoms with Crippen molar-refractivity contribution in [1.82, 2.24) is 4.90 Å². The first-order valence-electron chi connectivity index (χ1n) is 5.81. The largest absolute Gasteiger partial charge is 0.493 e. The van der Waals surface area contributed by atoms with Gasteiger partial charge in [-0.3, -0.25) is 4.79 Å². The lowest BCUT2D eigenvalue weighted by Gasteiger charge is -2.22. The van der Waals surface area contributed by atoms with Crippen LogP contribution in [0.5, 0.6) is 11.5 Å². The highest BCUT2D eigenvalue weighted by atomic mass is 35.5. The Kier molecular flexibility index (Phi) is 6.81. The van der Waals surface area contributed by atoms with Gasteiger partial charge in [-0.1, -0.05) is 6.07 Å². The molecule has 4 nitrogen and oxygen atoms in total. The summed E-state index contributed by atoms with van der Waals surface area (Å²) in [6, 6.07) is 5.18. The van der Waals surface area contributed by atoms with Gasteiger partial charge in [0.25, 0.3) is 5.91 Å². The van der Waals surface area contributed by atoms with E-state index in [1.807, 2.05) is 0 Å². The van der Waals surface area contributed by atoms with Gasteiger partial charge in [0.1, 0.15) is 0 Å². The molecule has 0 aliphatic heterocycles. The number of hydrogen-bond donors (Lipinski definition) is 0. The van der Waals surface area contributed by atoms with Crippen LogP contribution in [0.2, 0.25) is 0 Å². The Morgan fingerprint density at radius 2 is 1.79 bits per heavy atom. The molecule has 0 saturated heterocycles. The maximum atomic E-state index is 12.4.